The van der Waals surface area contributed by atoms with E-state index in [1.54, 1.807) is 7.11 Å². The molecule has 148 valence electrons. The standard InChI is InChI=1S/C23H29N3OS/c1-27-22-12-5-9-18(15-22)24-23(28)25-19-13-20-10-6-11-21(14-19)26(20)16-17-7-3-2-4-8-17/h2-5,7-9,12,15,19-21H,6,10-11,13-14,16H2,1H3,(H2,24,25,28)/t19?,20-,21+. The van der Waals surface area contributed by atoms with Crippen LogP contribution in [0.2, 0.25) is 0 Å². The van der Waals surface area contributed by atoms with E-state index in [-0.39, 0.29) is 0 Å². The molecule has 4 nitrogen and oxygen atoms in total. The molecule has 1 unspecified atom stereocenters. The smallest absolute Gasteiger partial charge is 0.170 e. The number of benzene rings is 2. The zero-order chi connectivity index (χ0) is 19.3. The number of ether oxygens (including phenoxy) is 1. The third-order valence-corrected chi connectivity index (χ3v) is 6.22. The van der Waals surface area contributed by atoms with Crippen molar-refractivity contribution in [2.75, 3.05) is 12.4 Å². The van der Waals surface area contributed by atoms with E-state index in [0.29, 0.717) is 23.2 Å². The van der Waals surface area contributed by atoms with Crippen molar-refractivity contribution in [2.45, 2.75) is 56.8 Å². The number of anilines is 1. The van der Waals surface area contributed by atoms with E-state index in [9.17, 15) is 0 Å². The van der Waals surface area contributed by atoms with Gasteiger partial charge in [0, 0.05) is 36.4 Å². The summed E-state index contributed by atoms with van der Waals surface area (Å²) < 4.78 is 5.29. The minimum absolute atomic E-state index is 0.438. The molecule has 3 atom stereocenters. The van der Waals surface area contributed by atoms with Crippen molar-refractivity contribution in [1.82, 2.24) is 10.2 Å². The molecule has 2 aromatic carbocycles. The van der Waals surface area contributed by atoms with E-state index in [1.807, 2.05) is 24.3 Å². The highest BCUT2D eigenvalue weighted by Gasteiger charge is 2.38. The van der Waals surface area contributed by atoms with Gasteiger partial charge in [-0.25, -0.2) is 0 Å². The highest BCUT2D eigenvalue weighted by Crippen LogP contribution is 2.35. The second kappa shape index (κ2) is 8.93. The van der Waals surface area contributed by atoms with E-state index >= 15 is 0 Å². The second-order valence-electron chi connectivity index (χ2n) is 7.90. The fraction of sp³-hybridized carbons (Fsp3) is 0.435. The summed E-state index contributed by atoms with van der Waals surface area (Å²) in [7, 11) is 1.68. The van der Waals surface area contributed by atoms with Gasteiger partial charge in [0.2, 0.25) is 0 Å². The van der Waals surface area contributed by atoms with Gasteiger partial charge >= 0.3 is 0 Å². The number of nitrogens with zero attached hydrogens (tertiary/aromatic N) is 1. The van der Waals surface area contributed by atoms with E-state index in [0.717, 1.165) is 30.8 Å². The normalized spacial score (nSPS) is 24.4. The van der Waals surface area contributed by atoms with E-state index in [1.165, 1.54) is 24.8 Å². The summed E-state index contributed by atoms with van der Waals surface area (Å²) in [6, 6.07) is 20.5. The molecule has 0 amide bonds. The van der Waals surface area contributed by atoms with Gasteiger partial charge in [0.1, 0.15) is 5.75 Å². The SMILES string of the molecule is COc1cccc(NC(=S)NC2C[C@H]3CCC[C@@H](C2)N3Cc2ccccc2)c1. The number of piperidine rings is 2. The molecule has 28 heavy (non-hydrogen) atoms. The molecule has 5 heteroatoms. The maximum Gasteiger partial charge on any atom is 0.170 e. The Kier molecular flexibility index (Phi) is 6.13. The predicted octanol–water partition coefficient (Wildman–Crippen LogP) is 4.57. The van der Waals surface area contributed by atoms with Gasteiger partial charge in [-0.2, -0.15) is 0 Å². The third-order valence-electron chi connectivity index (χ3n) is 6.00. The fourth-order valence-corrected chi connectivity index (χ4v) is 4.99. The van der Waals surface area contributed by atoms with Crippen LogP contribution >= 0.6 is 12.2 Å². The van der Waals surface area contributed by atoms with Gasteiger partial charge in [0.15, 0.2) is 5.11 Å². The topological polar surface area (TPSA) is 36.5 Å². The van der Waals surface area contributed by atoms with Crippen LogP contribution in [0.25, 0.3) is 0 Å². The van der Waals surface area contributed by atoms with Gasteiger partial charge in [-0.05, 0) is 55.6 Å². The van der Waals surface area contributed by atoms with Crippen LogP contribution < -0.4 is 15.4 Å². The van der Waals surface area contributed by atoms with Gasteiger partial charge in [-0.1, -0.05) is 42.8 Å². The lowest BCUT2D eigenvalue weighted by atomic mass is 9.81. The molecular formula is C23H29N3OS. The van der Waals surface area contributed by atoms with Crippen molar-refractivity contribution in [2.24, 2.45) is 0 Å². The number of hydrogen-bond acceptors (Lipinski definition) is 3. The summed E-state index contributed by atoms with van der Waals surface area (Å²) in [5.74, 6) is 0.830. The van der Waals surface area contributed by atoms with Crippen LogP contribution in [0, 0.1) is 0 Å². The Morgan fingerprint density at radius 1 is 1.07 bits per heavy atom. The monoisotopic (exact) mass is 395 g/mol. The number of methoxy groups -OCH3 is 1. The summed E-state index contributed by atoms with van der Waals surface area (Å²) in [5, 5.41) is 7.58. The Morgan fingerprint density at radius 2 is 1.82 bits per heavy atom. The molecule has 4 rings (SSSR count). The summed E-state index contributed by atoms with van der Waals surface area (Å²) in [4.78, 5) is 2.73. The summed E-state index contributed by atoms with van der Waals surface area (Å²) in [6.45, 7) is 1.06. The zero-order valence-electron chi connectivity index (χ0n) is 16.4. The first kappa shape index (κ1) is 19.2. The van der Waals surface area contributed by atoms with Crippen LogP contribution in [0.1, 0.15) is 37.7 Å². The molecule has 2 N–H and O–H groups in total. The van der Waals surface area contributed by atoms with Crippen molar-refractivity contribution in [3.63, 3.8) is 0 Å². The largest absolute Gasteiger partial charge is 0.497 e. The average molecular weight is 396 g/mol. The van der Waals surface area contributed by atoms with Crippen molar-refractivity contribution in [1.29, 1.82) is 0 Å². The van der Waals surface area contributed by atoms with Crippen molar-refractivity contribution in [3.8, 4) is 5.75 Å². The average Bonchev–Trinajstić information content (AvgIpc) is 2.69. The van der Waals surface area contributed by atoms with Crippen molar-refractivity contribution >= 4 is 23.0 Å². The van der Waals surface area contributed by atoms with Gasteiger partial charge in [0.25, 0.3) is 0 Å². The maximum atomic E-state index is 5.59. The number of nitrogens with one attached hydrogen (secondary N) is 2. The highest BCUT2D eigenvalue weighted by molar-refractivity contribution is 7.80. The summed E-state index contributed by atoms with van der Waals surface area (Å²) in [6.07, 6.45) is 6.24. The van der Waals surface area contributed by atoms with Crippen LogP contribution in [-0.2, 0) is 6.54 Å². The molecule has 0 aromatic heterocycles. The fourth-order valence-electron chi connectivity index (χ4n) is 4.70. The molecule has 2 aliphatic heterocycles. The van der Waals surface area contributed by atoms with E-state index in [2.05, 4.69) is 45.9 Å². The van der Waals surface area contributed by atoms with Crippen molar-refractivity contribution < 1.29 is 4.74 Å². The first-order chi connectivity index (χ1) is 13.7. The Hall–Kier alpha value is -2.11. The maximum absolute atomic E-state index is 5.59. The van der Waals surface area contributed by atoms with Crippen LogP contribution in [0.4, 0.5) is 5.69 Å². The van der Waals surface area contributed by atoms with Crippen LogP contribution in [0.5, 0.6) is 5.75 Å². The Balaban J connectivity index is 1.35. The third kappa shape index (κ3) is 4.65. The lowest BCUT2D eigenvalue weighted by Gasteiger charge is -2.49. The molecule has 2 aromatic rings. The predicted molar refractivity (Wildman–Crippen MR) is 119 cm³/mol. The summed E-state index contributed by atoms with van der Waals surface area (Å²) in [5.41, 5.74) is 2.37. The first-order valence-corrected chi connectivity index (χ1v) is 10.6. The second-order valence-corrected chi connectivity index (χ2v) is 8.30. The molecule has 2 fully saturated rings. The van der Waals surface area contributed by atoms with E-state index in [4.69, 9.17) is 17.0 Å². The molecule has 0 radical (unpaired) electrons. The Bertz CT molecular complexity index is 783. The molecule has 2 heterocycles. The lowest BCUT2D eigenvalue weighted by Crippen LogP contribution is -2.56. The molecule has 0 aliphatic carbocycles. The molecular weight excluding hydrogens is 366 g/mol. The minimum Gasteiger partial charge on any atom is -0.497 e. The first-order valence-electron chi connectivity index (χ1n) is 10.2. The molecule has 2 aliphatic rings. The highest BCUT2D eigenvalue weighted by atomic mass is 32.1. The van der Waals surface area contributed by atoms with Crippen LogP contribution in [0.15, 0.2) is 54.6 Å². The molecule has 2 bridgehead atoms. The van der Waals surface area contributed by atoms with Crippen LogP contribution in [0.3, 0.4) is 0 Å². The van der Waals surface area contributed by atoms with Gasteiger partial charge in [-0.15, -0.1) is 0 Å². The Labute approximate surface area is 173 Å². The van der Waals surface area contributed by atoms with Crippen LogP contribution in [-0.4, -0.2) is 35.2 Å². The number of fused-ring (bicyclic) bond motifs is 2. The van der Waals surface area contributed by atoms with Gasteiger partial charge in [0.05, 0.1) is 7.11 Å². The Morgan fingerprint density at radius 3 is 2.54 bits per heavy atom. The number of hydrogen-bond donors (Lipinski definition) is 2. The molecule has 0 saturated carbocycles. The minimum atomic E-state index is 0.438. The zero-order valence-corrected chi connectivity index (χ0v) is 17.3. The van der Waals surface area contributed by atoms with E-state index < -0.39 is 0 Å². The molecule has 2 saturated heterocycles. The van der Waals surface area contributed by atoms with Crippen molar-refractivity contribution in [3.05, 3.63) is 60.2 Å². The lowest BCUT2D eigenvalue weighted by molar-refractivity contribution is 0.0212. The molecule has 0 spiro atoms. The number of rotatable bonds is 5. The number of thiocarbonyl (C=S) groups is 1. The van der Waals surface area contributed by atoms with Gasteiger partial charge < -0.3 is 15.4 Å². The quantitative estimate of drug-likeness (QED) is 0.726. The summed E-state index contributed by atoms with van der Waals surface area (Å²) >= 11 is 5.59. The van der Waals surface area contributed by atoms with Gasteiger partial charge in [-0.3, -0.25) is 4.90 Å².